The normalized spacial score (nSPS) is 10.7. The van der Waals surface area contributed by atoms with Crippen LogP contribution in [0.15, 0.2) is 40.3 Å². The molecule has 2 heterocycles. The third kappa shape index (κ3) is 3.21. The number of aromatic nitrogens is 1. The lowest BCUT2D eigenvalue weighted by Crippen LogP contribution is -1.97. The van der Waals surface area contributed by atoms with Gasteiger partial charge in [0.25, 0.3) is 0 Å². The smallest absolute Gasteiger partial charge is 0.183 e. The van der Waals surface area contributed by atoms with E-state index in [0.29, 0.717) is 22.3 Å². The number of rotatable bonds is 5. The van der Waals surface area contributed by atoms with Crippen molar-refractivity contribution in [2.45, 2.75) is 6.54 Å². The Kier molecular flexibility index (Phi) is 4.57. The first-order chi connectivity index (χ1) is 10.7. The summed E-state index contributed by atoms with van der Waals surface area (Å²) in [5.74, 6) is 1.41. The van der Waals surface area contributed by atoms with Crippen molar-refractivity contribution < 1.29 is 9.15 Å². The fourth-order valence-corrected chi connectivity index (χ4v) is 3.29. The summed E-state index contributed by atoms with van der Waals surface area (Å²) in [4.78, 5) is 4.54. The zero-order valence-electron chi connectivity index (χ0n) is 11.6. The molecule has 3 aromatic rings. The number of ether oxygens (including phenoxy) is 1. The van der Waals surface area contributed by atoms with Gasteiger partial charge in [0.2, 0.25) is 0 Å². The van der Waals surface area contributed by atoms with Crippen LogP contribution in [-0.2, 0) is 6.54 Å². The highest BCUT2D eigenvalue weighted by atomic mass is 35.5. The Morgan fingerprint density at radius 1 is 1.36 bits per heavy atom. The molecule has 0 fully saturated rings. The van der Waals surface area contributed by atoms with Gasteiger partial charge in [0, 0.05) is 16.0 Å². The first kappa shape index (κ1) is 15.2. The Bertz CT molecular complexity index is 772. The molecule has 2 aromatic heterocycles. The van der Waals surface area contributed by atoms with Gasteiger partial charge in [0.1, 0.15) is 11.5 Å². The van der Waals surface area contributed by atoms with Crippen LogP contribution >= 0.6 is 34.5 Å². The van der Waals surface area contributed by atoms with Crippen molar-refractivity contribution in [2.75, 3.05) is 12.4 Å². The van der Waals surface area contributed by atoms with Crippen molar-refractivity contribution in [2.24, 2.45) is 0 Å². The van der Waals surface area contributed by atoms with E-state index in [1.807, 2.05) is 17.5 Å². The molecular weight excluding hydrogens is 343 g/mol. The Morgan fingerprint density at radius 3 is 2.95 bits per heavy atom. The largest absolute Gasteiger partial charge is 0.494 e. The van der Waals surface area contributed by atoms with Crippen LogP contribution in [0.2, 0.25) is 10.0 Å². The monoisotopic (exact) mass is 354 g/mol. The van der Waals surface area contributed by atoms with Gasteiger partial charge >= 0.3 is 0 Å². The van der Waals surface area contributed by atoms with E-state index in [1.54, 1.807) is 25.5 Å². The van der Waals surface area contributed by atoms with E-state index in [4.69, 9.17) is 32.4 Å². The minimum Gasteiger partial charge on any atom is -0.494 e. The lowest BCUT2D eigenvalue weighted by atomic mass is 10.1. The number of halogens is 2. The highest BCUT2D eigenvalue weighted by molar-refractivity contribution is 7.14. The van der Waals surface area contributed by atoms with Gasteiger partial charge < -0.3 is 14.5 Å². The van der Waals surface area contributed by atoms with E-state index in [2.05, 4.69) is 10.3 Å². The van der Waals surface area contributed by atoms with Crippen LogP contribution in [0.4, 0.5) is 5.13 Å². The second kappa shape index (κ2) is 6.60. The number of furan rings is 1. The molecule has 0 saturated heterocycles. The van der Waals surface area contributed by atoms with E-state index in [0.717, 1.165) is 22.1 Å². The average Bonchev–Trinajstić information content (AvgIpc) is 3.16. The number of anilines is 1. The van der Waals surface area contributed by atoms with Gasteiger partial charge in [-0.05, 0) is 24.3 Å². The van der Waals surface area contributed by atoms with E-state index < -0.39 is 0 Å². The summed E-state index contributed by atoms with van der Waals surface area (Å²) in [5.41, 5.74) is 1.52. The van der Waals surface area contributed by atoms with Crippen LogP contribution in [0, 0.1) is 0 Å². The summed E-state index contributed by atoms with van der Waals surface area (Å²) in [6.07, 6.45) is 1.64. The lowest BCUT2D eigenvalue weighted by molar-refractivity contribution is 0.416. The van der Waals surface area contributed by atoms with Crippen molar-refractivity contribution in [3.63, 3.8) is 0 Å². The van der Waals surface area contributed by atoms with Gasteiger partial charge in [-0.3, -0.25) is 0 Å². The van der Waals surface area contributed by atoms with E-state index in [9.17, 15) is 0 Å². The molecule has 0 bridgehead atoms. The molecule has 0 aliphatic carbocycles. The summed E-state index contributed by atoms with van der Waals surface area (Å²) >= 11 is 13.7. The third-order valence-electron chi connectivity index (χ3n) is 2.99. The first-order valence-electron chi connectivity index (χ1n) is 6.42. The highest BCUT2D eigenvalue weighted by Crippen LogP contribution is 2.39. The summed E-state index contributed by atoms with van der Waals surface area (Å²) in [7, 11) is 1.57. The van der Waals surface area contributed by atoms with Crippen LogP contribution < -0.4 is 10.1 Å². The Hall–Kier alpha value is -1.69. The van der Waals surface area contributed by atoms with Crippen LogP contribution in [0.25, 0.3) is 11.3 Å². The van der Waals surface area contributed by atoms with Crippen molar-refractivity contribution in [3.05, 3.63) is 51.7 Å². The highest BCUT2D eigenvalue weighted by Gasteiger charge is 2.14. The second-order valence-corrected chi connectivity index (χ2v) is 6.14. The SMILES string of the molecule is COc1c(Cl)cc(Cl)cc1-c1csc(NCc2ccco2)n1. The molecule has 4 nitrogen and oxygen atoms in total. The van der Waals surface area contributed by atoms with Gasteiger partial charge in [-0.1, -0.05) is 23.2 Å². The quantitative estimate of drug-likeness (QED) is 0.672. The molecule has 1 aromatic carbocycles. The maximum Gasteiger partial charge on any atom is 0.183 e. The Morgan fingerprint density at radius 2 is 2.23 bits per heavy atom. The average molecular weight is 355 g/mol. The minimum atomic E-state index is 0.461. The summed E-state index contributed by atoms with van der Waals surface area (Å²) < 4.78 is 10.6. The molecule has 0 saturated carbocycles. The van der Waals surface area contributed by atoms with E-state index >= 15 is 0 Å². The molecule has 0 spiro atoms. The predicted molar refractivity (Wildman–Crippen MR) is 90.2 cm³/mol. The topological polar surface area (TPSA) is 47.3 Å². The van der Waals surface area contributed by atoms with Gasteiger partial charge in [-0.25, -0.2) is 4.98 Å². The third-order valence-corrected chi connectivity index (χ3v) is 4.29. The van der Waals surface area contributed by atoms with Crippen LogP contribution in [0.5, 0.6) is 5.75 Å². The molecule has 7 heteroatoms. The lowest BCUT2D eigenvalue weighted by Gasteiger charge is -2.09. The van der Waals surface area contributed by atoms with Gasteiger partial charge in [-0.15, -0.1) is 11.3 Å². The number of nitrogens with one attached hydrogen (secondary N) is 1. The van der Waals surface area contributed by atoms with E-state index in [1.165, 1.54) is 11.3 Å². The predicted octanol–water partition coefficient (Wildman–Crippen LogP) is 5.33. The van der Waals surface area contributed by atoms with Crippen molar-refractivity contribution in [3.8, 4) is 17.0 Å². The summed E-state index contributed by atoms with van der Waals surface area (Å²) in [6, 6.07) is 7.19. The molecule has 0 atom stereocenters. The number of methoxy groups -OCH3 is 1. The fraction of sp³-hybridized carbons (Fsp3) is 0.133. The summed E-state index contributed by atoms with van der Waals surface area (Å²) in [5, 5.41) is 6.92. The fourth-order valence-electron chi connectivity index (χ4n) is 2.01. The molecule has 0 amide bonds. The molecule has 0 aliphatic heterocycles. The molecule has 1 N–H and O–H groups in total. The number of benzene rings is 1. The van der Waals surface area contributed by atoms with Crippen LogP contribution in [0.3, 0.4) is 0 Å². The number of nitrogens with zero attached hydrogens (tertiary/aromatic N) is 1. The molecule has 114 valence electrons. The Labute approximate surface area is 141 Å². The van der Waals surface area contributed by atoms with Crippen molar-refractivity contribution >= 4 is 39.7 Å². The molecule has 0 radical (unpaired) electrons. The molecule has 22 heavy (non-hydrogen) atoms. The zero-order valence-corrected chi connectivity index (χ0v) is 13.9. The Balaban J connectivity index is 1.84. The van der Waals surface area contributed by atoms with E-state index in [-0.39, 0.29) is 0 Å². The van der Waals surface area contributed by atoms with Gasteiger partial charge in [0.15, 0.2) is 5.13 Å². The molecular formula is C15H12Cl2N2O2S. The van der Waals surface area contributed by atoms with Crippen molar-refractivity contribution in [1.29, 1.82) is 0 Å². The van der Waals surface area contributed by atoms with Crippen molar-refractivity contribution in [1.82, 2.24) is 4.98 Å². The second-order valence-electron chi connectivity index (χ2n) is 4.44. The first-order valence-corrected chi connectivity index (χ1v) is 8.06. The molecule has 0 unspecified atom stereocenters. The van der Waals surface area contributed by atoms with Crippen LogP contribution in [0.1, 0.15) is 5.76 Å². The minimum absolute atomic E-state index is 0.461. The van der Waals surface area contributed by atoms with Gasteiger partial charge in [-0.2, -0.15) is 0 Å². The number of thiazole rings is 1. The maximum atomic E-state index is 6.16. The van der Waals surface area contributed by atoms with Gasteiger partial charge in [0.05, 0.1) is 30.6 Å². The maximum absolute atomic E-state index is 6.16. The summed E-state index contributed by atoms with van der Waals surface area (Å²) in [6.45, 7) is 0.577. The number of hydrogen-bond donors (Lipinski definition) is 1. The molecule has 3 rings (SSSR count). The standard InChI is InChI=1S/C15H12Cl2N2O2S/c1-20-14-11(5-9(16)6-12(14)17)13-8-22-15(19-13)18-7-10-3-2-4-21-10/h2-6,8H,7H2,1H3,(H,18,19). The zero-order chi connectivity index (χ0) is 15.5. The number of hydrogen-bond acceptors (Lipinski definition) is 5. The molecule has 0 aliphatic rings. The van der Waals surface area contributed by atoms with Crippen LogP contribution in [-0.4, -0.2) is 12.1 Å².